The Morgan fingerprint density at radius 3 is 1.64 bits per heavy atom. The molecule has 0 rings (SSSR count). The molecule has 0 atom stereocenters. The van der Waals surface area contributed by atoms with Crippen molar-refractivity contribution in [3.8, 4) is 0 Å². The number of carboxylic acids is 1. The second kappa shape index (κ2) is 19.8. The van der Waals surface area contributed by atoms with Crippen LogP contribution in [0.2, 0.25) is 8.87 Å². The normalized spacial score (nSPS) is 8.21. The van der Waals surface area contributed by atoms with Gasteiger partial charge in [-0.25, -0.2) is 0 Å². The number of hydrogen-bond donors (Lipinski definition) is 0. The fourth-order valence-electron chi connectivity index (χ4n) is 0.729. The first kappa shape index (κ1) is 20.7. The van der Waals surface area contributed by atoms with Crippen LogP contribution in [0.4, 0.5) is 0 Å². The average Bonchev–Trinajstić information content (AvgIpc) is 2.03. The molecule has 2 nitrogen and oxygen atoms in total. The van der Waals surface area contributed by atoms with E-state index in [4.69, 9.17) is 9.90 Å². The zero-order valence-electron chi connectivity index (χ0n) is 10.1. The van der Waals surface area contributed by atoms with E-state index >= 15 is 0 Å². The molecule has 0 spiro atoms. The van der Waals surface area contributed by atoms with Crippen molar-refractivity contribution in [2.75, 3.05) is 0 Å². The molecule has 0 aliphatic carbocycles. The van der Waals surface area contributed by atoms with Crippen molar-refractivity contribution >= 4 is 27.1 Å². The maximum absolute atomic E-state index is 8.89. The summed E-state index contributed by atoms with van der Waals surface area (Å²) in [5, 5.41) is 8.89. The van der Waals surface area contributed by atoms with E-state index in [1.54, 1.807) is 8.87 Å². The summed E-state index contributed by atoms with van der Waals surface area (Å²) in [5.74, 6) is -1.08. The van der Waals surface area contributed by atoms with Crippen molar-refractivity contribution in [1.29, 1.82) is 0 Å². The van der Waals surface area contributed by atoms with Crippen molar-refractivity contribution in [1.82, 2.24) is 0 Å². The topological polar surface area (TPSA) is 40.1 Å². The molecule has 0 N–H and O–H groups in total. The van der Waals surface area contributed by atoms with Gasteiger partial charge in [0, 0.05) is 5.97 Å². The third-order valence-electron chi connectivity index (χ3n) is 1.41. The summed E-state index contributed by atoms with van der Waals surface area (Å²) in [7, 11) is 0. The maximum Gasteiger partial charge on any atom is 1.00 e. The second-order valence-corrected chi connectivity index (χ2v) is 7.23. The van der Waals surface area contributed by atoms with Crippen LogP contribution in [0.5, 0.6) is 0 Å². The maximum atomic E-state index is 8.89. The first-order chi connectivity index (χ1) is 6.15. The summed E-state index contributed by atoms with van der Waals surface area (Å²) in [6.07, 6.45) is 5.84. The van der Waals surface area contributed by atoms with Gasteiger partial charge in [-0.1, -0.05) is 0 Å². The van der Waals surface area contributed by atoms with E-state index in [9.17, 15) is 0 Å². The molecule has 0 aromatic rings. The number of rotatable bonds is 6. The molecule has 0 aromatic carbocycles. The van der Waals surface area contributed by atoms with Crippen LogP contribution in [0.25, 0.3) is 0 Å². The minimum atomic E-state index is -1.08. The molecule has 0 aromatic heterocycles. The largest absolute Gasteiger partial charge is 1.00 e. The molecule has 0 unspecified atom stereocenters. The molecular weight excluding hydrogens is 294 g/mol. The fourth-order valence-corrected chi connectivity index (χ4v) is 4.89. The zero-order valence-corrected chi connectivity index (χ0v) is 14.9. The van der Waals surface area contributed by atoms with Gasteiger partial charge in [-0.3, -0.25) is 0 Å². The van der Waals surface area contributed by atoms with Crippen LogP contribution in [-0.2, 0) is 4.79 Å². The molecule has 0 aliphatic rings. The van der Waals surface area contributed by atoms with E-state index < -0.39 is 5.97 Å². The molecule has 0 aliphatic heterocycles. The molecular formula is C10H21NaO2Sn. The van der Waals surface area contributed by atoms with Gasteiger partial charge in [0.25, 0.3) is 0 Å². The predicted molar refractivity (Wildman–Crippen MR) is 55.9 cm³/mol. The summed E-state index contributed by atoms with van der Waals surface area (Å²) in [6.45, 7) is 5.55. The van der Waals surface area contributed by atoms with Crippen LogP contribution in [0.15, 0.2) is 0 Å². The van der Waals surface area contributed by atoms with Gasteiger partial charge in [-0.05, 0) is 6.92 Å². The SMILES string of the molecule is CC(=O)[O-].CCC[CH2][Sn][CH2]CCC.[Na+]. The summed E-state index contributed by atoms with van der Waals surface area (Å²) < 4.78 is 3.25. The Hall–Kier alpha value is 1.27. The minimum absolute atomic E-state index is 0. The number of hydrogen-bond acceptors (Lipinski definition) is 2. The standard InChI is InChI=1S/2C4H9.C2H4O2.Na.Sn/c2*1-3-4-2;1-2(3)4;;/h2*1,3-4H2,2H3;1H3,(H,3,4);;/q;;;+1;/p-1. The Bertz CT molecular complexity index is 100. The van der Waals surface area contributed by atoms with E-state index in [-0.39, 0.29) is 50.7 Å². The molecule has 14 heavy (non-hydrogen) atoms. The molecule has 4 heteroatoms. The van der Waals surface area contributed by atoms with Gasteiger partial charge in [0.1, 0.15) is 0 Å². The third-order valence-corrected chi connectivity index (χ3v) is 5.45. The number of carboxylic acid groups (broad SMARTS) is 1. The molecule has 0 heterocycles. The molecule has 0 bridgehead atoms. The molecule has 0 amide bonds. The van der Waals surface area contributed by atoms with Gasteiger partial charge in [-0.2, -0.15) is 0 Å². The molecule has 2 radical (unpaired) electrons. The number of unbranched alkanes of at least 4 members (excludes halogenated alkanes) is 2. The van der Waals surface area contributed by atoms with Gasteiger partial charge in [-0.15, -0.1) is 0 Å². The first-order valence-corrected chi connectivity index (χ1v) is 9.07. The van der Waals surface area contributed by atoms with Crippen LogP contribution in [0.3, 0.4) is 0 Å². The predicted octanol–water partition coefficient (Wildman–Crippen LogP) is -1.11. The Morgan fingerprint density at radius 1 is 1.14 bits per heavy atom. The van der Waals surface area contributed by atoms with Gasteiger partial charge in [0.15, 0.2) is 0 Å². The smallest absolute Gasteiger partial charge is 1.00 e. The van der Waals surface area contributed by atoms with E-state index in [0.717, 1.165) is 6.92 Å². The van der Waals surface area contributed by atoms with Crippen molar-refractivity contribution in [3.05, 3.63) is 0 Å². The number of aliphatic carboxylic acids is 1. The zero-order chi connectivity index (χ0) is 10.5. The van der Waals surface area contributed by atoms with Crippen molar-refractivity contribution in [2.24, 2.45) is 0 Å². The number of carbonyl (C=O) groups excluding carboxylic acids is 1. The minimum Gasteiger partial charge on any atom is 1.00 e. The van der Waals surface area contributed by atoms with E-state index in [0.29, 0.717) is 0 Å². The Labute approximate surface area is 121 Å². The fraction of sp³-hybridized carbons (Fsp3) is 0.900. The van der Waals surface area contributed by atoms with Crippen LogP contribution in [0, 0.1) is 0 Å². The second-order valence-electron chi connectivity index (χ2n) is 2.95. The van der Waals surface area contributed by atoms with Crippen molar-refractivity contribution in [2.45, 2.75) is 55.3 Å². The first-order valence-electron chi connectivity index (χ1n) is 5.03. The molecule has 0 fully saturated rings. The Morgan fingerprint density at radius 2 is 1.43 bits per heavy atom. The summed E-state index contributed by atoms with van der Waals surface area (Å²) in [6, 6.07) is 0. The van der Waals surface area contributed by atoms with Crippen LogP contribution in [0.1, 0.15) is 46.5 Å². The number of carbonyl (C=O) groups is 1. The molecule has 78 valence electrons. The summed E-state index contributed by atoms with van der Waals surface area (Å²) in [5.41, 5.74) is 0. The summed E-state index contributed by atoms with van der Waals surface area (Å²) >= 11 is 0.149. The van der Waals surface area contributed by atoms with Crippen molar-refractivity contribution < 1.29 is 39.5 Å². The van der Waals surface area contributed by atoms with Crippen LogP contribution >= 0.6 is 0 Å². The van der Waals surface area contributed by atoms with Crippen molar-refractivity contribution in [3.63, 3.8) is 0 Å². The average molecular weight is 315 g/mol. The molecule has 0 saturated heterocycles. The van der Waals surface area contributed by atoms with Gasteiger partial charge < -0.3 is 9.90 Å². The molecule has 0 saturated carbocycles. The Balaban J connectivity index is -0.000000209. The quantitative estimate of drug-likeness (QED) is 0.461. The van der Waals surface area contributed by atoms with Gasteiger partial charge in [0.2, 0.25) is 0 Å². The van der Waals surface area contributed by atoms with Gasteiger partial charge in [0.05, 0.1) is 0 Å². The van der Waals surface area contributed by atoms with Crippen LogP contribution < -0.4 is 34.7 Å². The Kier molecular flexibility index (Phi) is 29.2. The van der Waals surface area contributed by atoms with Crippen LogP contribution in [-0.4, -0.2) is 27.1 Å². The monoisotopic (exact) mass is 316 g/mol. The van der Waals surface area contributed by atoms with E-state index in [1.807, 2.05) is 0 Å². The third kappa shape index (κ3) is 37.8. The van der Waals surface area contributed by atoms with E-state index in [1.165, 1.54) is 25.7 Å². The van der Waals surface area contributed by atoms with E-state index in [2.05, 4.69) is 13.8 Å². The summed E-state index contributed by atoms with van der Waals surface area (Å²) in [4.78, 5) is 8.89. The van der Waals surface area contributed by atoms with Gasteiger partial charge >= 0.3 is 99.1 Å².